The maximum atomic E-state index is 11.1. The zero-order chi connectivity index (χ0) is 18.8. The van der Waals surface area contributed by atoms with Gasteiger partial charge in [0.1, 0.15) is 0 Å². The first kappa shape index (κ1) is 17.6. The van der Waals surface area contributed by atoms with Crippen molar-refractivity contribution in [2.45, 2.75) is 19.1 Å². The van der Waals surface area contributed by atoms with E-state index in [9.17, 15) is 9.90 Å². The van der Waals surface area contributed by atoms with E-state index in [4.69, 9.17) is 5.11 Å². The highest BCUT2D eigenvalue weighted by Crippen LogP contribution is 2.26. The Bertz CT molecular complexity index is 967. The molecule has 1 saturated heterocycles. The predicted molar refractivity (Wildman–Crippen MR) is 104 cm³/mol. The van der Waals surface area contributed by atoms with Crippen molar-refractivity contribution < 1.29 is 15.0 Å². The summed E-state index contributed by atoms with van der Waals surface area (Å²) in [6.45, 7) is 2.03. The molecule has 5 nitrogen and oxygen atoms in total. The Morgan fingerprint density at radius 3 is 2.81 bits per heavy atom. The predicted octanol–water partition coefficient (Wildman–Crippen LogP) is 2.97. The number of aliphatic hydroxyl groups is 1. The molecule has 2 N–H and O–H groups in total. The topological polar surface area (TPSA) is 73.7 Å². The molecule has 0 saturated carbocycles. The van der Waals surface area contributed by atoms with Crippen molar-refractivity contribution in [2.75, 3.05) is 13.1 Å². The molecular formula is C22H22N2O3. The van der Waals surface area contributed by atoms with Crippen LogP contribution in [-0.2, 0) is 13.0 Å². The largest absolute Gasteiger partial charge is 0.478 e. The first-order chi connectivity index (χ1) is 13.1. The average Bonchev–Trinajstić information content (AvgIpc) is 3.01. The van der Waals surface area contributed by atoms with Crippen LogP contribution in [0.2, 0.25) is 0 Å². The van der Waals surface area contributed by atoms with Crippen LogP contribution in [0.15, 0.2) is 60.8 Å². The standard InChI is InChI=1S/C22H22N2O3/c25-21-14-24(12-15-4-3-5-17(10-15)22(26)27)13-18(21)11-16-8-9-23-20-7-2-1-6-19(16)20/h1-10,18,21,25H,11-14H2,(H,26,27)/t18-,21-/m1/s1. The molecule has 0 bridgehead atoms. The number of pyridine rings is 1. The minimum absolute atomic E-state index is 0.151. The van der Waals surface area contributed by atoms with Gasteiger partial charge in [0.25, 0.3) is 0 Å². The Balaban J connectivity index is 1.47. The second-order valence-corrected chi connectivity index (χ2v) is 7.22. The highest BCUT2D eigenvalue weighted by atomic mass is 16.4. The fourth-order valence-electron chi connectivity index (χ4n) is 3.95. The van der Waals surface area contributed by atoms with Crippen LogP contribution >= 0.6 is 0 Å². The third-order valence-corrected chi connectivity index (χ3v) is 5.28. The van der Waals surface area contributed by atoms with Gasteiger partial charge in [-0.3, -0.25) is 9.88 Å². The van der Waals surface area contributed by atoms with E-state index in [0.29, 0.717) is 18.7 Å². The maximum Gasteiger partial charge on any atom is 0.335 e. The molecule has 138 valence electrons. The molecule has 1 fully saturated rings. The van der Waals surface area contributed by atoms with Crippen LogP contribution in [0.1, 0.15) is 21.5 Å². The SMILES string of the molecule is O=C(O)c1cccc(CN2C[C@@H](Cc3ccnc4ccccc34)[C@H](O)C2)c1. The summed E-state index contributed by atoms with van der Waals surface area (Å²) in [6, 6.07) is 17.1. The van der Waals surface area contributed by atoms with Crippen molar-refractivity contribution >= 4 is 16.9 Å². The number of aromatic nitrogens is 1. The third kappa shape index (κ3) is 3.84. The summed E-state index contributed by atoms with van der Waals surface area (Å²) in [4.78, 5) is 17.7. The van der Waals surface area contributed by atoms with Crippen LogP contribution in [0.4, 0.5) is 0 Å². The lowest BCUT2D eigenvalue weighted by atomic mass is 9.94. The molecule has 0 aliphatic carbocycles. The Morgan fingerprint density at radius 1 is 1.11 bits per heavy atom. The average molecular weight is 362 g/mol. The fourth-order valence-corrected chi connectivity index (χ4v) is 3.95. The number of carboxylic acid groups (broad SMARTS) is 1. The molecule has 0 amide bonds. The zero-order valence-electron chi connectivity index (χ0n) is 15.0. The molecule has 0 radical (unpaired) electrons. The van der Waals surface area contributed by atoms with Gasteiger partial charge in [0.05, 0.1) is 17.2 Å². The monoisotopic (exact) mass is 362 g/mol. The molecule has 0 spiro atoms. The van der Waals surface area contributed by atoms with Gasteiger partial charge in [-0.2, -0.15) is 0 Å². The van der Waals surface area contributed by atoms with E-state index in [-0.39, 0.29) is 12.0 Å². The van der Waals surface area contributed by atoms with Crippen LogP contribution < -0.4 is 0 Å². The molecule has 4 rings (SSSR count). The van der Waals surface area contributed by atoms with Crippen molar-refractivity contribution in [3.8, 4) is 0 Å². The van der Waals surface area contributed by atoms with Gasteiger partial charge in [-0.25, -0.2) is 4.79 Å². The highest BCUT2D eigenvalue weighted by Gasteiger charge is 2.31. The number of fused-ring (bicyclic) bond motifs is 1. The van der Waals surface area contributed by atoms with E-state index in [0.717, 1.165) is 29.4 Å². The number of aliphatic hydroxyl groups excluding tert-OH is 1. The van der Waals surface area contributed by atoms with Gasteiger partial charge in [-0.15, -0.1) is 0 Å². The van der Waals surface area contributed by atoms with Gasteiger partial charge < -0.3 is 10.2 Å². The number of carboxylic acids is 1. The molecule has 2 heterocycles. The van der Waals surface area contributed by atoms with E-state index in [1.165, 1.54) is 5.56 Å². The van der Waals surface area contributed by atoms with Crippen LogP contribution in [0.5, 0.6) is 0 Å². The van der Waals surface area contributed by atoms with Crippen LogP contribution in [0.3, 0.4) is 0 Å². The summed E-state index contributed by atoms with van der Waals surface area (Å²) >= 11 is 0. The Hall–Kier alpha value is -2.76. The Kier molecular flexibility index (Phi) is 4.88. The Labute approximate surface area is 157 Å². The number of likely N-dealkylation sites (tertiary alicyclic amines) is 1. The number of hydrogen-bond donors (Lipinski definition) is 2. The van der Waals surface area contributed by atoms with Crippen LogP contribution in [0, 0.1) is 5.92 Å². The highest BCUT2D eigenvalue weighted by molar-refractivity contribution is 5.87. The van der Waals surface area contributed by atoms with Crippen LogP contribution in [-0.4, -0.2) is 45.3 Å². The number of nitrogens with zero attached hydrogens (tertiary/aromatic N) is 2. The number of β-amino-alcohol motifs (C(OH)–C–C–N with tert-alkyl or cyclic N) is 1. The fraction of sp³-hybridized carbons (Fsp3) is 0.273. The first-order valence-electron chi connectivity index (χ1n) is 9.15. The van der Waals surface area contributed by atoms with Crippen molar-refractivity contribution in [1.29, 1.82) is 0 Å². The summed E-state index contributed by atoms with van der Waals surface area (Å²) in [5, 5.41) is 20.8. The van der Waals surface area contributed by atoms with Crippen LogP contribution in [0.25, 0.3) is 10.9 Å². The lowest BCUT2D eigenvalue weighted by molar-refractivity contribution is 0.0696. The summed E-state index contributed by atoms with van der Waals surface area (Å²) < 4.78 is 0. The minimum atomic E-state index is -0.916. The number of hydrogen-bond acceptors (Lipinski definition) is 4. The van der Waals surface area contributed by atoms with Gasteiger partial charge in [0, 0.05) is 37.1 Å². The minimum Gasteiger partial charge on any atom is -0.478 e. The van der Waals surface area contributed by atoms with E-state index in [1.54, 1.807) is 18.2 Å². The van der Waals surface area contributed by atoms with Crippen molar-refractivity contribution in [3.63, 3.8) is 0 Å². The van der Waals surface area contributed by atoms with Gasteiger partial charge in [-0.05, 0) is 41.8 Å². The van der Waals surface area contributed by atoms with Crippen molar-refractivity contribution in [2.24, 2.45) is 5.92 Å². The molecule has 5 heteroatoms. The van der Waals surface area contributed by atoms with Crippen molar-refractivity contribution in [3.05, 3.63) is 77.5 Å². The zero-order valence-corrected chi connectivity index (χ0v) is 15.0. The molecule has 1 aromatic heterocycles. The number of para-hydroxylation sites is 1. The van der Waals surface area contributed by atoms with E-state index < -0.39 is 5.97 Å². The van der Waals surface area contributed by atoms with Gasteiger partial charge in [0.2, 0.25) is 0 Å². The number of rotatable bonds is 5. The van der Waals surface area contributed by atoms with Crippen molar-refractivity contribution in [1.82, 2.24) is 9.88 Å². The number of carbonyl (C=O) groups is 1. The van der Waals surface area contributed by atoms with Gasteiger partial charge >= 0.3 is 5.97 Å². The van der Waals surface area contributed by atoms with E-state index >= 15 is 0 Å². The second-order valence-electron chi connectivity index (χ2n) is 7.22. The molecule has 1 aliphatic rings. The molecule has 2 atom stereocenters. The number of aromatic carboxylic acids is 1. The molecule has 27 heavy (non-hydrogen) atoms. The smallest absolute Gasteiger partial charge is 0.335 e. The van der Waals surface area contributed by atoms with Gasteiger partial charge in [-0.1, -0.05) is 30.3 Å². The summed E-state index contributed by atoms with van der Waals surface area (Å²) in [5.41, 5.74) is 3.44. The number of benzene rings is 2. The summed E-state index contributed by atoms with van der Waals surface area (Å²) in [6.07, 6.45) is 2.24. The normalized spacial score (nSPS) is 20.2. The lowest BCUT2D eigenvalue weighted by Crippen LogP contribution is -2.21. The first-order valence-corrected chi connectivity index (χ1v) is 9.15. The summed E-state index contributed by atoms with van der Waals surface area (Å²) in [5.74, 6) is -0.765. The Morgan fingerprint density at radius 2 is 1.96 bits per heavy atom. The third-order valence-electron chi connectivity index (χ3n) is 5.28. The molecule has 2 aromatic carbocycles. The van der Waals surface area contributed by atoms with Gasteiger partial charge in [0.15, 0.2) is 0 Å². The summed E-state index contributed by atoms with van der Waals surface area (Å²) in [7, 11) is 0. The quantitative estimate of drug-likeness (QED) is 0.730. The molecule has 3 aromatic rings. The second kappa shape index (κ2) is 7.47. The molecular weight excluding hydrogens is 340 g/mol. The van der Waals surface area contributed by atoms with E-state index in [2.05, 4.69) is 16.0 Å². The molecule has 1 aliphatic heterocycles. The lowest BCUT2D eigenvalue weighted by Gasteiger charge is -2.16. The maximum absolute atomic E-state index is 11.1. The van der Waals surface area contributed by atoms with E-state index in [1.807, 2.05) is 36.5 Å². The molecule has 0 unspecified atom stereocenters.